The van der Waals surface area contributed by atoms with Gasteiger partial charge in [0.1, 0.15) is 0 Å². The summed E-state index contributed by atoms with van der Waals surface area (Å²) in [7, 11) is 0. The largest absolute Gasteiger partial charge is 0.462 e. The lowest BCUT2D eigenvalue weighted by atomic mass is 10.0. The quantitative estimate of drug-likeness (QED) is 0.679. The highest BCUT2D eigenvalue weighted by Gasteiger charge is 2.28. The van der Waals surface area contributed by atoms with Crippen molar-refractivity contribution >= 4 is 29.0 Å². The van der Waals surface area contributed by atoms with Gasteiger partial charge in [-0.2, -0.15) is 0 Å². The molecule has 0 bridgehead atoms. The lowest BCUT2D eigenvalue weighted by Gasteiger charge is -2.38. The molecule has 29 heavy (non-hydrogen) atoms. The van der Waals surface area contributed by atoms with Crippen molar-refractivity contribution in [3.05, 3.63) is 52.2 Å². The van der Waals surface area contributed by atoms with Crippen LogP contribution in [0.4, 0.5) is 10.5 Å². The normalized spacial score (nSPS) is 15.1. The van der Waals surface area contributed by atoms with Gasteiger partial charge in [0.25, 0.3) is 0 Å². The zero-order valence-electron chi connectivity index (χ0n) is 17.1. The van der Waals surface area contributed by atoms with E-state index in [1.54, 1.807) is 36.5 Å². The number of amides is 2. The molecular formula is C22H29N3O3S. The summed E-state index contributed by atoms with van der Waals surface area (Å²) in [5, 5.41) is 4.99. The summed E-state index contributed by atoms with van der Waals surface area (Å²) in [5.41, 5.74) is 0.859. The maximum atomic E-state index is 13.3. The Hall–Kier alpha value is -2.38. The van der Waals surface area contributed by atoms with Crippen LogP contribution in [0.2, 0.25) is 0 Å². The van der Waals surface area contributed by atoms with Crippen molar-refractivity contribution in [2.45, 2.75) is 39.3 Å². The number of nitrogens with one attached hydrogen (secondary N) is 1. The van der Waals surface area contributed by atoms with Gasteiger partial charge >= 0.3 is 12.0 Å². The van der Waals surface area contributed by atoms with Gasteiger partial charge < -0.3 is 19.9 Å². The number of carbonyl (C=O) groups is 2. The minimum atomic E-state index is -0.426. The van der Waals surface area contributed by atoms with Gasteiger partial charge in [0.2, 0.25) is 0 Å². The van der Waals surface area contributed by atoms with Crippen LogP contribution in [-0.2, 0) is 11.3 Å². The van der Waals surface area contributed by atoms with Crippen LogP contribution in [0.5, 0.6) is 0 Å². The summed E-state index contributed by atoms with van der Waals surface area (Å²) in [4.78, 5) is 31.0. The van der Waals surface area contributed by atoms with E-state index in [2.05, 4.69) is 23.2 Å². The fourth-order valence-electron chi connectivity index (χ4n) is 3.65. The summed E-state index contributed by atoms with van der Waals surface area (Å²) in [6.45, 7) is 7.83. The Morgan fingerprint density at radius 1 is 1.17 bits per heavy atom. The standard InChI is InChI=1S/C22H29N3O3S/c1-3-24-13-11-17(12-14-24)25(16-18-8-7-15-29-18)22(27)23-20-10-6-5-9-19(20)21(26)28-4-2/h5-10,15,17H,3-4,11-14,16H2,1-2H3,(H,23,27). The number of rotatable bonds is 7. The number of benzene rings is 1. The van der Waals surface area contributed by atoms with Crippen LogP contribution >= 0.6 is 11.3 Å². The molecule has 0 spiro atoms. The van der Waals surface area contributed by atoms with Gasteiger partial charge in [0.05, 0.1) is 24.4 Å². The Morgan fingerprint density at radius 3 is 2.59 bits per heavy atom. The molecule has 1 saturated heterocycles. The van der Waals surface area contributed by atoms with E-state index in [0.717, 1.165) is 37.4 Å². The highest BCUT2D eigenvalue weighted by molar-refractivity contribution is 7.09. The molecule has 1 aromatic carbocycles. The summed E-state index contributed by atoms with van der Waals surface area (Å²) in [5.74, 6) is -0.426. The average molecular weight is 416 g/mol. The molecule has 3 rings (SSSR count). The number of nitrogens with zero attached hydrogens (tertiary/aromatic N) is 2. The molecule has 0 saturated carbocycles. The number of hydrogen-bond donors (Lipinski definition) is 1. The Morgan fingerprint density at radius 2 is 1.93 bits per heavy atom. The van der Waals surface area contributed by atoms with Gasteiger partial charge in [0.15, 0.2) is 0 Å². The number of anilines is 1. The topological polar surface area (TPSA) is 61.9 Å². The number of ether oxygens (including phenoxy) is 1. The van der Waals surface area contributed by atoms with Gasteiger partial charge in [-0.15, -0.1) is 11.3 Å². The Bertz CT molecular complexity index is 801. The summed E-state index contributed by atoms with van der Waals surface area (Å²) in [6, 6.07) is 11.1. The van der Waals surface area contributed by atoms with Crippen molar-refractivity contribution in [2.75, 3.05) is 31.6 Å². The Balaban J connectivity index is 1.77. The van der Waals surface area contributed by atoms with Gasteiger partial charge in [0, 0.05) is 24.0 Å². The Labute approximate surface area is 176 Å². The van der Waals surface area contributed by atoms with E-state index < -0.39 is 5.97 Å². The predicted octanol–water partition coefficient (Wildman–Crippen LogP) is 4.44. The van der Waals surface area contributed by atoms with E-state index in [1.807, 2.05) is 22.4 Å². The number of esters is 1. The van der Waals surface area contributed by atoms with E-state index in [1.165, 1.54) is 0 Å². The average Bonchev–Trinajstić information content (AvgIpc) is 3.26. The van der Waals surface area contributed by atoms with Crippen LogP contribution in [0.25, 0.3) is 0 Å². The fraction of sp³-hybridized carbons (Fsp3) is 0.455. The monoisotopic (exact) mass is 415 g/mol. The first-order valence-electron chi connectivity index (χ1n) is 10.2. The third-order valence-corrected chi connectivity index (χ3v) is 6.14. The third kappa shape index (κ3) is 5.58. The van der Waals surface area contributed by atoms with E-state index >= 15 is 0 Å². The predicted molar refractivity (Wildman–Crippen MR) is 116 cm³/mol. The first kappa shape index (κ1) is 21.3. The van der Waals surface area contributed by atoms with Crippen molar-refractivity contribution in [3.63, 3.8) is 0 Å². The van der Waals surface area contributed by atoms with Crippen LogP contribution in [-0.4, -0.2) is 54.1 Å². The molecule has 2 aromatic rings. The molecule has 156 valence electrons. The molecular weight excluding hydrogens is 386 g/mol. The van der Waals surface area contributed by atoms with E-state index in [-0.39, 0.29) is 12.1 Å². The molecule has 1 aliphatic heterocycles. The zero-order chi connectivity index (χ0) is 20.6. The number of carbonyl (C=O) groups excluding carboxylic acids is 2. The Kier molecular flexibility index (Phi) is 7.66. The maximum Gasteiger partial charge on any atom is 0.340 e. The van der Waals surface area contributed by atoms with Gasteiger partial charge in [-0.05, 0) is 49.9 Å². The second-order valence-electron chi connectivity index (χ2n) is 7.07. The SMILES string of the molecule is CCOC(=O)c1ccccc1NC(=O)N(Cc1cccs1)C1CCN(CC)CC1. The molecule has 0 atom stereocenters. The molecule has 6 nitrogen and oxygen atoms in total. The first-order valence-corrected chi connectivity index (χ1v) is 11.1. The smallest absolute Gasteiger partial charge is 0.340 e. The molecule has 0 unspecified atom stereocenters. The molecule has 1 aromatic heterocycles. The molecule has 7 heteroatoms. The lowest BCUT2D eigenvalue weighted by molar-refractivity contribution is 0.0527. The van der Waals surface area contributed by atoms with Crippen molar-refractivity contribution in [1.82, 2.24) is 9.80 Å². The number of thiophene rings is 1. The van der Waals surface area contributed by atoms with Crippen LogP contribution in [0.1, 0.15) is 41.9 Å². The van der Waals surface area contributed by atoms with Crippen molar-refractivity contribution in [1.29, 1.82) is 0 Å². The van der Waals surface area contributed by atoms with Crippen molar-refractivity contribution in [2.24, 2.45) is 0 Å². The molecule has 2 amide bonds. The molecule has 0 radical (unpaired) electrons. The molecule has 1 N–H and O–H groups in total. The van der Waals surface area contributed by atoms with Crippen LogP contribution in [0.3, 0.4) is 0 Å². The van der Waals surface area contributed by atoms with Gasteiger partial charge in [-0.3, -0.25) is 0 Å². The molecule has 1 aliphatic rings. The zero-order valence-corrected chi connectivity index (χ0v) is 17.9. The fourth-order valence-corrected chi connectivity index (χ4v) is 4.35. The van der Waals surface area contributed by atoms with Crippen LogP contribution in [0, 0.1) is 0 Å². The number of piperidine rings is 1. The minimum Gasteiger partial charge on any atom is -0.462 e. The van der Waals surface area contributed by atoms with E-state index in [4.69, 9.17) is 4.74 Å². The van der Waals surface area contributed by atoms with Crippen LogP contribution < -0.4 is 5.32 Å². The van der Waals surface area contributed by atoms with Crippen LogP contribution in [0.15, 0.2) is 41.8 Å². The second kappa shape index (κ2) is 10.4. The number of para-hydroxylation sites is 1. The van der Waals surface area contributed by atoms with E-state index in [9.17, 15) is 9.59 Å². The van der Waals surface area contributed by atoms with Gasteiger partial charge in [-0.25, -0.2) is 9.59 Å². The van der Waals surface area contributed by atoms with Gasteiger partial charge in [-0.1, -0.05) is 25.1 Å². The lowest BCUT2D eigenvalue weighted by Crippen LogP contribution is -2.48. The summed E-state index contributed by atoms with van der Waals surface area (Å²) in [6.07, 6.45) is 1.90. The minimum absolute atomic E-state index is 0.176. The van der Waals surface area contributed by atoms with E-state index in [0.29, 0.717) is 24.4 Å². The number of hydrogen-bond acceptors (Lipinski definition) is 5. The third-order valence-electron chi connectivity index (χ3n) is 5.28. The molecule has 2 heterocycles. The number of urea groups is 1. The first-order chi connectivity index (χ1) is 14.1. The summed E-state index contributed by atoms with van der Waals surface area (Å²) >= 11 is 1.65. The maximum absolute atomic E-state index is 13.3. The highest BCUT2D eigenvalue weighted by atomic mass is 32.1. The second-order valence-corrected chi connectivity index (χ2v) is 8.10. The number of likely N-dealkylation sites (tertiary alicyclic amines) is 1. The summed E-state index contributed by atoms with van der Waals surface area (Å²) < 4.78 is 5.13. The van der Waals surface area contributed by atoms with Crippen molar-refractivity contribution in [3.8, 4) is 0 Å². The van der Waals surface area contributed by atoms with Crippen molar-refractivity contribution < 1.29 is 14.3 Å². The highest BCUT2D eigenvalue weighted by Crippen LogP contribution is 2.23. The molecule has 1 fully saturated rings. The molecule has 0 aliphatic carbocycles.